The third-order valence-corrected chi connectivity index (χ3v) is 4.40. The summed E-state index contributed by atoms with van der Waals surface area (Å²) in [7, 11) is 0. The molecule has 2 atom stereocenters. The van der Waals surface area contributed by atoms with Gasteiger partial charge in [-0.25, -0.2) is 8.78 Å². The van der Waals surface area contributed by atoms with Gasteiger partial charge in [-0.3, -0.25) is 0 Å². The zero-order chi connectivity index (χ0) is 12.3. The Morgan fingerprint density at radius 3 is 2.71 bits per heavy atom. The zero-order valence-electron chi connectivity index (χ0n) is 9.88. The molecule has 94 valence electrons. The molecule has 1 fully saturated rings. The van der Waals surface area contributed by atoms with E-state index in [0.29, 0.717) is 5.92 Å². The number of rotatable bonds is 4. The van der Waals surface area contributed by atoms with Crippen LogP contribution in [0, 0.1) is 17.6 Å². The molecule has 0 amide bonds. The number of halogens is 2. The molecule has 1 N–H and O–H groups in total. The molecule has 0 aliphatic carbocycles. The summed E-state index contributed by atoms with van der Waals surface area (Å²) >= 11 is 1.95. The van der Waals surface area contributed by atoms with Crippen molar-refractivity contribution in [2.45, 2.75) is 19.4 Å². The molecule has 2 unspecified atom stereocenters. The standard InChI is InChI=1S/C13H17F2NS/c1-9(16-7-10-5-6-17-8-10)13-11(14)3-2-4-12(13)15/h2-4,9-10,16H,5-8H2,1H3. The lowest BCUT2D eigenvalue weighted by Crippen LogP contribution is -2.27. The minimum Gasteiger partial charge on any atom is -0.310 e. The molecule has 1 aliphatic rings. The quantitative estimate of drug-likeness (QED) is 0.887. The van der Waals surface area contributed by atoms with E-state index in [4.69, 9.17) is 0 Å². The van der Waals surface area contributed by atoms with Gasteiger partial charge >= 0.3 is 0 Å². The van der Waals surface area contributed by atoms with Crippen LogP contribution in [0.4, 0.5) is 8.78 Å². The summed E-state index contributed by atoms with van der Waals surface area (Å²) in [6.45, 7) is 2.64. The van der Waals surface area contributed by atoms with Gasteiger partial charge in [-0.15, -0.1) is 0 Å². The van der Waals surface area contributed by atoms with Crippen molar-refractivity contribution in [2.75, 3.05) is 18.1 Å². The maximum Gasteiger partial charge on any atom is 0.130 e. The van der Waals surface area contributed by atoms with Crippen molar-refractivity contribution in [1.82, 2.24) is 5.32 Å². The van der Waals surface area contributed by atoms with E-state index in [1.807, 2.05) is 18.7 Å². The van der Waals surface area contributed by atoms with Gasteiger partial charge in [0.25, 0.3) is 0 Å². The third-order valence-electron chi connectivity index (χ3n) is 3.17. The molecule has 1 nitrogen and oxygen atoms in total. The normalized spacial score (nSPS) is 21.7. The van der Waals surface area contributed by atoms with Gasteiger partial charge in [-0.1, -0.05) is 6.07 Å². The van der Waals surface area contributed by atoms with Gasteiger partial charge < -0.3 is 5.32 Å². The second kappa shape index (κ2) is 5.83. The molecule has 0 bridgehead atoms. The van der Waals surface area contributed by atoms with Gasteiger partial charge in [0.15, 0.2) is 0 Å². The lowest BCUT2D eigenvalue weighted by Gasteiger charge is -2.18. The van der Waals surface area contributed by atoms with Gasteiger partial charge in [-0.05, 0) is 49.4 Å². The molecule has 4 heteroatoms. The highest BCUT2D eigenvalue weighted by atomic mass is 32.2. The average molecular weight is 257 g/mol. The van der Waals surface area contributed by atoms with E-state index in [1.165, 1.54) is 30.4 Å². The molecule has 2 rings (SSSR count). The maximum atomic E-state index is 13.5. The summed E-state index contributed by atoms with van der Waals surface area (Å²) in [5.74, 6) is 2.06. The summed E-state index contributed by atoms with van der Waals surface area (Å²) in [6.07, 6.45) is 1.20. The zero-order valence-corrected chi connectivity index (χ0v) is 10.7. The van der Waals surface area contributed by atoms with Gasteiger partial charge in [-0.2, -0.15) is 11.8 Å². The van der Waals surface area contributed by atoms with Crippen LogP contribution >= 0.6 is 11.8 Å². The van der Waals surface area contributed by atoms with E-state index in [2.05, 4.69) is 5.32 Å². The molecular weight excluding hydrogens is 240 g/mol. The first-order valence-corrected chi connectivity index (χ1v) is 7.09. The second-order valence-electron chi connectivity index (χ2n) is 4.49. The summed E-state index contributed by atoms with van der Waals surface area (Å²) in [4.78, 5) is 0. The fourth-order valence-electron chi connectivity index (χ4n) is 2.11. The van der Waals surface area contributed by atoms with E-state index in [9.17, 15) is 8.78 Å². The van der Waals surface area contributed by atoms with E-state index in [1.54, 1.807) is 0 Å². The van der Waals surface area contributed by atoms with Crippen LogP contribution < -0.4 is 5.32 Å². The molecule has 1 heterocycles. The molecule has 1 aliphatic heterocycles. The third kappa shape index (κ3) is 3.19. The summed E-state index contributed by atoms with van der Waals surface area (Å²) < 4.78 is 27.0. The van der Waals surface area contributed by atoms with Crippen LogP contribution in [0.3, 0.4) is 0 Å². The van der Waals surface area contributed by atoms with Crippen LogP contribution in [0.2, 0.25) is 0 Å². The Morgan fingerprint density at radius 2 is 2.12 bits per heavy atom. The van der Waals surface area contributed by atoms with Crippen LogP contribution in [-0.4, -0.2) is 18.1 Å². The Morgan fingerprint density at radius 1 is 1.41 bits per heavy atom. The molecule has 17 heavy (non-hydrogen) atoms. The maximum absolute atomic E-state index is 13.5. The smallest absolute Gasteiger partial charge is 0.130 e. The van der Waals surface area contributed by atoms with E-state index < -0.39 is 11.6 Å². The van der Waals surface area contributed by atoms with Crippen LogP contribution in [0.1, 0.15) is 24.9 Å². The highest BCUT2D eigenvalue weighted by Crippen LogP contribution is 2.24. The minimum atomic E-state index is -0.467. The van der Waals surface area contributed by atoms with Gasteiger partial charge in [0.05, 0.1) is 0 Å². The second-order valence-corrected chi connectivity index (χ2v) is 5.64. The fourth-order valence-corrected chi connectivity index (χ4v) is 3.40. The van der Waals surface area contributed by atoms with Crippen LogP contribution in [0.5, 0.6) is 0 Å². The van der Waals surface area contributed by atoms with Crippen molar-refractivity contribution < 1.29 is 8.78 Å². The van der Waals surface area contributed by atoms with Crippen LogP contribution in [0.15, 0.2) is 18.2 Å². The average Bonchev–Trinajstić information content (AvgIpc) is 2.79. The monoisotopic (exact) mass is 257 g/mol. The molecular formula is C13H17F2NS. The molecule has 0 spiro atoms. The number of nitrogens with one attached hydrogen (secondary N) is 1. The van der Waals surface area contributed by atoms with Crippen molar-refractivity contribution in [3.8, 4) is 0 Å². The lowest BCUT2D eigenvalue weighted by molar-refractivity contribution is 0.446. The Balaban J connectivity index is 1.96. The van der Waals surface area contributed by atoms with E-state index in [-0.39, 0.29) is 11.6 Å². The first-order chi connectivity index (χ1) is 8.18. The summed E-state index contributed by atoms with van der Waals surface area (Å²) in [6, 6.07) is 3.74. The van der Waals surface area contributed by atoms with Crippen molar-refractivity contribution in [3.63, 3.8) is 0 Å². The first-order valence-electron chi connectivity index (χ1n) is 5.93. The molecule has 1 saturated heterocycles. The Hall–Kier alpha value is -0.610. The first kappa shape index (κ1) is 12.8. The van der Waals surface area contributed by atoms with E-state index in [0.717, 1.165) is 12.3 Å². The van der Waals surface area contributed by atoms with Crippen molar-refractivity contribution >= 4 is 11.8 Å². The predicted molar refractivity (Wildman–Crippen MR) is 68.2 cm³/mol. The topological polar surface area (TPSA) is 12.0 Å². The minimum absolute atomic E-state index is 0.151. The molecule has 0 radical (unpaired) electrons. The Labute approximate surface area is 105 Å². The molecule has 0 saturated carbocycles. The van der Waals surface area contributed by atoms with Crippen molar-refractivity contribution in [1.29, 1.82) is 0 Å². The fraction of sp³-hybridized carbons (Fsp3) is 0.538. The lowest BCUT2D eigenvalue weighted by atomic mass is 10.0. The highest BCUT2D eigenvalue weighted by Gasteiger charge is 2.19. The molecule has 1 aromatic rings. The Kier molecular flexibility index (Phi) is 4.40. The molecule has 0 aromatic heterocycles. The van der Waals surface area contributed by atoms with Gasteiger partial charge in [0.2, 0.25) is 0 Å². The SMILES string of the molecule is CC(NCC1CCSC1)c1c(F)cccc1F. The van der Waals surface area contributed by atoms with Gasteiger partial charge in [0, 0.05) is 11.6 Å². The van der Waals surface area contributed by atoms with Crippen molar-refractivity contribution in [3.05, 3.63) is 35.4 Å². The van der Waals surface area contributed by atoms with Gasteiger partial charge in [0.1, 0.15) is 11.6 Å². The predicted octanol–water partition coefficient (Wildman–Crippen LogP) is 3.37. The summed E-state index contributed by atoms with van der Waals surface area (Å²) in [5, 5.41) is 3.23. The highest BCUT2D eigenvalue weighted by molar-refractivity contribution is 7.99. The summed E-state index contributed by atoms with van der Waals surface area (Å²) in [5.41, 5.74) is 0.151. The largest absolute Gasteiger partial charge is 0.310 e. The number of thioether (sulfide) groups is 1. The van der Waals surface area contributed by atoms with Crippen LogP contribution in [-0.2, 0) is 0 Å². The van der Waals surface area contributed by atoms with Crippen molar-refractivity contribution in [2.24, 2.45) is 5.92 Å². The Bertz CT molecular complexity index is 357. The number of benzene rings is 1. The number of hydrogen-bond acceptors (Lipinski definition) is 2. The molecule has 1 aromatic carbocycles. The van der Waals surface area contributed by atoms with Crippen LogP contribution in [0.25, 0.3) is 0 Å². The number of hydrogen-bond donors (Lipinski definition) is 1. The van der Waals surface area contributed by atoms with E-state index >= 15 is 0 Å².